The maximum Gasteiger partial charge on any atom is 0.276 e. The van der Waals surface area contributed by atoms with Gasteiger partial charge in [0.05, 0.1) is 13.2 Å². The predicted molar refractivity (Wildman–Crippen MR) is 104 cm³/mol. The van der Waals surface area contributed by atoms with Crippen molar-refractivity contribution in [3.63, 3.8) is 0 Å². The molecule has 4 rings (SSSR count). The molecule has 2 heterocycles. The third-order valence-electron chi connectivity index (χ3n) is 6.51. The van der Waals surface area contributed by atoms with Crippen LogP contribution in [0.15, 0.2) is 48.7 Å². The summed E-state index contributed by atoms with van der Waals surface area (Å²) in [6.07, 6.45) is 10.2. The lowest BCUT2D eigenvalue weighted by Crippen LogP contribution is -2.55. The number of pyridine rings is 1. The van der Waals surface area contributed by atoms with Crippen molar-refractivity contribution in [3.8, 4) is 0 Å². The molecule has 0 atom stereocenters. The van der Waals surface area contributed by atoms with Crippen LogP contribution in [-0.4, -0.2) is 5.54 Å². The molecular weight excluding hydrogens is 304 g/mol. The van der Waals surface area contributed by atoms with E-state index in [4.69, 9.17) is 0 Å². The summed E-state index contributed by atoms with van der Waals surface area (Å²) in [5, 5.41) is 0. The maximum absolute atomic E-state index is 2.75. The first-order valence-electron chi connectivity index (χ1n) is 9.83. The number of hydrogen-bond acceptors (Lipinski definition) is 1. The van der Waals surface area contributed by atoms with E-state index in [1.165, 1.54) is 49.9 Å². The summed E-state index contributed by atoms with van der Waals surface area (Å²) in [7, 11) is 2.19. The highest BCUT2D eigenvalue weighted by Crippen LogP contribution is 2.48. The maximum atomic E-state index is 2.75. The quantitative estimate of drug-likeness (QED) is 0.672. The lowest BCUT2D eigenvalue weighted by molar-refractivity contribution is -0.659. The van der Waals surface area contributed by atoms with Crippen molar-refractivity contribution in [3.05, 3.63) is 59.8 Å². The Morgan fingerprint density at radius 3 is 2.40 bits per heavy atom. The SMILES string of the molecule is C[n+]1ccccc1N1Cc2ccccc2C(C)(C)CC12CCCCC2. The van der Waals surface area contributed by atoms with Gasteiger partial charge in [0.25, 0.3) is 5.82 Å². The Labute approximate surface area is 152 Å². The van der Waals surface area contributed by atoms with Crippen LogP contribution in [0.2, 0.25) is 0 Å². The molecule has 1 aromatic heterocycles. The number of aryl methyl sites for hydroxylation is 1. The average molecular weight is 336 g/mol. The van der Waals surface area contributed by atoms with Gasteiger partial charge in [0.2, 0.25) is 0 Å². The molecule has 0 N–H and O–H groups in total. The summed E-state index contributed by atoms with van der Waals surface area (Å²) in [5.41, 5.74) is 3.54. The zero-order valence-corrected chi connectivity index (χ0v) is 16.0. The molecule has 2 heteroatoms. The lowest BCUT2D eigenvalue weighted by Gasteiger charge is -2.44. The van der Waals surface area contributed by atoms with Crippen molar-refractivity contribution < 1.29 is 4.57 Å². The highest BCUT2D eigenvalue weighted by Gasteiger charge is 2.50. The van der Waals surface area contributed by atoms with Crippen molar-refractivity contribution in [2.75, 3.05) is 4.90 Å². The van der Waals surface area contributed by atoms with Gasteiger partial charge >= 0.3 is 0 Å². The molecule has 0 unspecified atom stereocenters. The molecule has 1 aliphatic carbocycles. The lowest BCUT2D eigenvalue weighted by atomic mass is 9.68. The predicted octanol–water partition coefficient (Wildman–Crippen LogP) is 4.90. The van der Waals surface area contributed by atoms with Gasteiger partial charge in [0.1, 0.15) is 12.1 Å². The molecule has 0 saturated heterocycles. The van der Waals surface area contributed by atoms with Gasteiger partial charge in [0.15, 0.2) is 0 Å². The van der Waals surface area contributed by atoms with Crippen LogP contribution in [0.25, 0.3) is 0 Å². The van der Waals surface area contributed by atoms with Gasteiger partial charge < -0.3 is 0 Å². The first kappa shape index (κ1) is 16.6. The summed E-state index contributed by atoms with van der Waals surface area (Å²) >= 11 is 0. The van der Waals surface area contributed by atoms with Crippen molar-refractivity contribution >= 4 is 5.82 Å². The Kier molecular flexibility index (Phi) is 4.10. The van der Waals surface area contributed by atoms with Crippen LogP contribution in [0, 0.1) is 0 Å². The number of nitrogens with zero attached hydrogens (tertiary/aromatic N) is 2. The number of hydrogen-bond donors (Lipinski definition) is 0. The van der Waals surface area contributed by atoms with E-state index in [-0.39, 0.29) is 11.0 Å². The van der Waals surface area contributed by atoms with E-state index in [0.29, 0.717) is 0 Å². The summed E-state index contributed by atoms with van der Waals surface area (Å²) in [5.74, 6) is 1.36. The van der Waals surface area contributed by atoms with Crippen molar-refractivity contribution in [1.29, 1.82) is 0 Å². The fourth-order valence-electron chi connectivity index (χ4n) is 5.45. The number of aromatic nitrogens is 1. The van der Waals surface area contributed by atoms with Crippen LogP contribution in [0.3, 0.4) is 0 Å². The summed E-state index contributed by atoms with van der Waals surface area (Å²) in [4.78, 5) is 2.75. The Bertz CT molecular complexity index is 756. The van der Waals surface area contributed by atoms with Gasteiger partial charge in [-0.1, -0.05) is 50.6 Å². The molecule has 1 aromatic carbocycles. The highest BCUT2D eigenvalue weighted by molar-refractivity contribution is 5.46. The third kappa shape index (κ3) is 2.86. The molecule has 0 amide bonds. The molecule has 25 heavy (non-hydrogen) atoms. The van der Waals surface area contributed by atoms with Crippen molar-refractivity contribution in [2.45, 2.75) is 69.9 Å². The topological polar surface area (TPSA) is 7.12 Å². The number of benzene rings is 1. The van der Waals surface area contributed by atoms with E-state index in [0.717, 1.165) is 6.54 Å². The zero-order chi connectivity index (χ0) is 17.5. The second-order valence-corrected chi connectivity index (χ2v) is 8.76. The molecule has 2 nitrogen and oxygen atoms in total. The van der Waals surface area contributed by atoms with Crippen LogP contribution >= 0.6 is 0 Å². The highest BCUT2D eigenvalue weighted by atomic mass is 15.3. The van der Waals surface area contributed by atoms with Crippen LogP contribution in [0.4, 0.5) is 5.82 Å². The Morgan fingerprint density at radius 1 is 0.920 bits per heavy atom. The van der Waals surface area contributed by atoms with E-state index in [2.05, 4.69) is 79.0 Å². The molecule has 2 aliphatic rings. The van der Waals surface area contributed by atoms with E-state index in [9.17, 15) is 0 Å². The van der Waals surface area contributed by atoms with E-state index >= 15 is 0 Å². The summed E-state index contributed by atoms with van der Waals surface area (Å²) in [6.45, 7) is 5.94. The van der Waals surface area contributed by atoms with Crippen LogP contribution in [0.1, 0.15) is 63.5 Å². The van der Waals surface area contributed by atoms with Gasteiger partial charge in [-0.3, -0.25) is 4.90 Å². The Balaban J connectivity index is 1.88. The molecule has 0 radical (unpaired) electrons. The van der Waals surface area contributed by atoms with Gasteiger partial charge in [-0.05, 0) is 54.7 Å². The molecule has 0 bridgehead atoms. The zero-order valence-electron chi connectivity index (χ0n) is 16.0. The molecule has 1 spiro atoms. The number of fused-ring (bicyclic) bond motifs is 1. The minimum absolute atomic E-state index is 0.218. The molecule has 132 valence electrons. The fourth-order valence-corrected chi connectivity index (χ4v) is 5.45. The first-order chi connectivity index (χ1) is 12.0. The van der Waals surface area contributed by atoms with Crippen LogP contribution in [0.5, 0.6) is 0 Å². The molecule has 1 fully saturated rings. The minimum Gasteiger partial charge on any atom is -0.252 e. The largest absolute Gasteiger partial charge is 0.276 e. The van der Waals surface area contributed by atoms with Crippen LogP contribution < -0.4 is 9.47 Å². The number of rotatable bonds is 1. The number of anilines is 1. The fraction of sp³-hybridized carbons (Fsp3) is 0.522. The van der Waals surface area contributed by atoms with Gasteiger partial charge in [-0.15, -0.1) is 0 Å². The van der Waals surface area contributed by atoms with E-state index in [1.807, 2.05) is 0 Å². The van der Waals surface area contributed by atoms with Gasteiger partial charge in [-0.2, -0.15) is 0 Å². The Morgan fingerprint density at radius 2 is 1.64 bits per heavy atom. The standard InChI is InChI=1S/C23H31N2/c1-22(2)18-23(14-8-4-9-15-23)25(21-13-7-10-16-24(21)3)17-19-11-5-6-12-20(19)22/h5-7,10-13,16H,4,8-9,14-15,17-18H2,1-3H3/q+1. The molecule has 1 aliphatic heterocycles. The van der Waals surface area contributed by atoms with E-state index < -0.39 is 0 Å². The Hall–Kier alpha value is -1.83. The second-order valence-electron chi connectivity index (χ2n) is 8.76. The van der Waals surface area contributed by atoms with Crippen molar-refractivity contribution in [2.24, 2.45) is 7.05 Å². The minimum atomic E-state index is 0.218. The van der Waals surface area contributed by atoms with Gasteiger partial charge in [-0.25, -0.2) is 4.57 Å². The third-order valence-corrected chi connectivity index (χ3v) is 6.51. The normalized spacial score (nSPS) is 21.6. The molecule has 2 aromatic rings. The second kappa shape index (κ2) is 6.16. The van der Waals surface area contributed by atoms with E-state index in [1.54, 1.807) is 5.56 Å². The average Bonchev–Trinajstić information content (AvgIpc) is 2.69. The van der Waals surface area contributed by atoms with Crippen LogP contribution in [-0.2, 0) is 19.0 Å². The summed E-state index contributed by atoms with van der Waals surface area (Å²) in [6, 6.07) is 15.7. The van der Waals surface area contributed by atoms with Gasteiger partial charge in [0, 0.05) is 6.07 Å². The smallest absolute Gasteiger partial charge is 0.252 e. The summed E-state index contributed by atoms with van der Waals surface area (Å²) < 4.78 is 2.30. The first-order valence-corrected chi connectivity index (χ1v) is 9.83. The monoisotopic (exact) mass is 335 g/mol. The molecular formula is C23H31N2+. The van der Waals surface area contributed by atoms with Crippen molar-refractivity contribution in [1.82, 2.24) is 0 Å². The molecule has 1 saturated carbocycles.